The first-order chi connectivity index (χ1) is 14.3. The van der Waals surface area contributed by atoms with Crippen LogP contribution >= 0.6 is 54.5 Å². The van der Waals surface area contributed by atoms with Crippen molar-refractivity contribution in [3.63, 3.8) is 0 Å². The minimum atomic E-state index is -0.955. The van der Waals surface area contributed by atoms with E-state index < -0.39 is 12.1 Å². The van der Waals surface area contributed by atoms with Gasteiger partial charge >= 0.3 is 5.97 Å². The van der Waals surface area contributed by atoms with Crippen molar-refractivity contribution in [2.24, 2.45) is 0 Å². The Bertz CT molecular complexity index is 972. The molecule has 0 aliphatic heterocycles. The number of ether oxygens (including phenoxy) is 2. The molecule has 0 spiro atoms. The monoisotopic (exact) mass is 646 g/mol. The maximum atomic E-state index is 11.3. The number of benzene rings is 2. The summed E-state index contributed by atoms with van der Waals surface area (Å²) in [6, 6.07) is 11.5. The Kier molecular flexibility index (Phi) is 10.4. The standard InChI is InChI=1S/C23H21Br2IO4/c1-3-29-22(23(27)28)13-17-6-7-21(20(26)12-17)30-9-8-15(2)4-5-16-10-18(24)14-19(25)11-16/h6-8,10-12,14,22H,3,9,13H2,1-2H3,(H,27,28)/b15-8-/t22-/m0/s1. The summed E-state index contributed by atoms with van der Waals surface area (Å²) in [6.07, 6.45) is 1.41. The molecule has 30 heavy (non-hydrogen) atoms. The molecule has 4 nitrogen and oxygen atoms in total. The van der Waals surface area contributed by atoms with Gasteiger partial charge in [0, 0.05) is 27.5 Å². The minimum Gasteiger partial charge on any atom is -0.488 e. The van der Waals surface area contributed by atoms with E-state index in [9.17, 15) is 9.90 Å². The lowest BCUT2D eigenvalue weighted by Crippen LogP contribution is -2.26. The molecule has 0 saturated carbocycles. The van der Waals surface area contributed by atoms with Crippen molar-refractivity contribution >= 4 is 60.4 Å². The van der Waals surface area contributed by atoms with Crippen molar-refractivity contribution in [2.75, 3.05) is 13.2 Å². The molecule has 0 fully saturated rings. The Morgan fingerprint density at radius 2 is 1.93 bits per heavy atom. The second kappa shape index (κ2) is 12.5. The molecule has 0 bridgehead atoms. The first-order valence-corrected chi connectivity index (χ1v) is 11.9. The number of carboxylic acids is 1. The summed E-state index contributed by atoms with van der Waals surface area (Å²) in [5, 5.41) is 9.23. The van der Waals surface area contributed by atoms with Crippen molar-refractivity contribution in [2.45, 2.75) is 26.4 Å². The van der Waals surface area contributed by atoms with E-state index in [1.165, 1.54) is 0 Å². The summed E-state index contributed by atoms with van der Waals surface area (Å²) in [4.78, 5) is 11.3. The fraction of sp³-hybridized carbons (Fsp3) is 0.261. The molecule has 0 aliphatic rings. The maximum absolute atomic E-state index is 11.3. The molecule has 2 rings (SSSR count). The highest BCUT2D eigenvalue weighted by atomic mass is 127. The Morgan fingerprint density at radius 1 is 1.23 bits per heavy atom. The second-order valence-corrected chi connectivity index (χ2v) is 9.35. The van der Waals surface area contributed by atoms with Gasteiger partial charge in [-0.25, -0.2) is 4.79 Å². The highest BCUT2D eigenvalue weighted by Crippen LogP contribution is 2.23. The van der Waals surface area contributed by atoms with E-state index in [1.54, 1.807) is 6.92 Å². The Labute approximate surface area is 207 Å². The van der Waals surface area contributed by atoms with Crippen LogP contribution in [-0.4, -0.2) is 30.4 Å². The summed E-state index contributed by atoms with van der Waals surface area (Å²) in [7, 11) is 0. The van der Waals surface area contributed by atoms with Crippen molar-refractivity contribution < 1.29 is 19.4 Å². The van der Waals surface area contributed by atoms with Gasteiger partial charge in [0.2, 0.25) is 0 Å². The van der Waals surface area contributed by atoms with Crippen molar-refractivity contribution in [1.29, 1.82) is 0 Å². The van der Waals surface area contributed by atoms with Crippen molar-refractivity contribution in [3.8, 4) is 17.6 Å². The maximum Gasteiger partial charge on any atom is 0.333 e. The van der Waals surface area contributed by atoms with E-state index in [0.717, 1.165) is 35.0 Å². The average Bonchev–Trinajstić information content (AvgIpc) is 2.67. The fourth-order valence-electron chi connectivity index (χ4n) is 2.53. The molecular formula is C23H21Br2IO4. The predicted molar refractivity (Wildman–Crippen MR) is 134 cm³/mol. The zero-order chi connectivity index (χ0) is 22.1. The van der Waals surface area contributed by atoms with Crippen molar-refractivity contribution in [1.82, 2.24) is 0 Å². The lowest BCUT2D eigenvalue weighted by Gasteiger charge is -2.13. The molecule has 0 amide bonds. The highest BCUT2D eigenvalue weighted by molar-refractivity contribution is 14.1. The van der Waals surface area contributed by atoms with Gasteiger partial charge in [-0.15, -0.1) is 0 Å². The van der Waals surface area contributed by atoms with Crippen LogP contribution in [0.25, 0.3) is 0 Å². The van der Waals surface area contributed by atoms with Crippen LogP contribution in [0.2, 0.25) is 0 Å². The van der Waals surface area contributed by atoms with Crippen LogP contribution in [0.4, 0.5) is 0 Å². The first-order valence-electron chi connectivity index (χ1n) is 9.19. The van der Waals surface area contributed by atoms with E-state index in [1.807, 2.05) is 49.4 Å². The van der Waals surface area contributed by atoms with E-state index >= 15 is 0 Å². The summed E-state index contributed by atoms with van der Waals surface area (Å²) < 4.78 is 14.0. The molecule has 0 aromatic heterocycles. The number of allylic oxidation sites excluding steroid dienone is 1. The van der Waals surface area contributed by atoms with Gasteiger partial charge < -0.3 is 14.6 Å². The highest BCUT2D eigenvalue weighted by Gasteiger charge is 2.18. The zero-order valence-electron chi connectivity index (χ0n) is 16.5. The van der Waals surface area contributed by atoms with Gasteiger partial charge in [-0.1, -0.05) is 49.8 Å². The smallest absolute Gasteiger partial charge is 0.333 e. The van der Waals surface area contributed by atoms with Gasteiger partial charge in [-0.2, -0.15) is 0 Å². The molecule has 0 heterocycles. The molecule has 158 valence electrons. The average molecular weight is 648 g/mol. The number of rotatable bonds is 8. The van der Waals surface area contributed by atoms with Gasteiger partial charge in [0.05, 0.1) is 3.57 Å². The molecule has 2 aromatic rings. The molecule has 1 N–H and O–H groups in total. The van der Waals surface area contributed by atoms with Crippen molar-refractivity contribution in [3.05, 3.63) is 71.7 Å². The number of halogens is 3. The van der Waals surface area contributed by atoms with Gasteiger partial charge in [0.25, 0.3) is 0 Å². The lowest BCUT2D eigenvalue weighted by atomic mass is 10.1. The minimum absolute atomic E-state index is 0.319. The molecule has 0 saturated heterocycles. The molecular weight excluding hydrogens is 627 g/mol. The Morgan fingerprint density at radius 3 is 2.53 bits per heavy atom. The van der Waals surface area contributed by atoms with E-state index in [2.05, 4.69) is 66.3 Å². The summed E-state index contributed by atoms with van der Waals surface area (Å²) in [5.41, 5.74) is 2.73. The second-order valence-electron chi connectivity index (χ2n) is 6.36. The molecule has 0 radical (unpaired) electrons. The van der Waals surface area contributed by atoms with Crippen LogP contribution in [0, 0.1) is 15.4 Å². The fourth-order valence-corrected chi connectivity index (χ4v) is 4.55. The van der Waals surface area contributed by atoms with Crippen LogP contribution in [-0.2, 0) is 16.0 Å². The van der Waals surface area contributed by atoms with Crippen LogP contribution in [0.3, 0.4) is 0 Å². The van der Waals surface area contributed by atoms with Crippen LogP contribution < -0.4 is 4.74 Å². The Balaban J connectivity index is 1.97. The SMILES string of the molecule is CCO[C@@H](Cc1ccc(OC/C=C(/C)C#Cc2cc(Br)cc(Br)c2)c(I)c1)C(=O)O. The largest absolute Gasteiger partial charge is 0.488 e. The van der Waals surface area contributed by atoms with Crippen LogP contribution in [0.1, 0.15) is 25.0 Å². The first kappa shape index (κ1) is 24.9. The van der Waals surface area contributed by atoms with E-state index in [-0.39, 0.29) is 0 Å². The number of hydrogen-bond donors (Lipinski definition) is 1. The summed E-state index contributed by atoms with van der Waals surface area (Å²) in [5.74, 6) is 6.05. The van der Waals surface area contributed by atoms with Crippen LogP contribution in [0.15, 0.2) is 57.0 Å². The number of carboxylic acid groups (broad SMARTS) is 1. The van der Waals surface area contributed by atoms with Gasteiger partial charge in [-0.05, 0) is 84.0 Å². The number of hydrogen-bond acceptors (Lipinski definition) is 3. The molecule has 0 unspecified atom stereocenters. The quantitative estimate of drug-likeness (QED) is 0.273. The Hall–Kier alpha value is -1.34. The van der Waals surface area contributed by atoms with Gasteiger partial charge in [-0.3, -0.25) is 0 Å². The van der Waals surface area contributed by atoms with E-state index in [0.29, 0.717) is 19.6 Å². The molecule has 2 aromatic carbocycles. The summed E-state index contributed by atoms with van der Waals surface area (Å²) in [6.45, 7) is 4.49. The zero-order valence-corrected chi connectivity index (χ0v) is 21.9. The topological polar surface area (TPSA) is 55.8 Å². The third-order valence-electron chi connectivity index (χ3n) is 3.96. The summed E-state index contributed by atoms with van der Waals surface area (Å²) >= 11 is 9.10. The third-order valence-corrected chi connectivity index (χ3v) is 5.71. The lowest BCUT2D eigenvalue weighted by molar-refractivity contribution is -0.149. The van der Waals surface area contributed by atoms with E-state index in [4.69, 9.17) is 9.47 Å². The normalized spacial score (nSPS) is 12.1. The molecule has 1 atom stereocenters. The van der Waals surface area contributed by atoms with Crippen LogP contribution in [0.5, 0.6) is 5.75 Å². The van der Waals surface area contributed by atoms with Gasteiger partial charge in [0.1, 0.15) is 12.4 Å². The van der Waals surface area contributed by atoms with Gasteiger partial charge in [0.15, 0.2) is 6.10 Å². The predicted octanol–water partition coefficient (Wildman–Crippen LogP) is 6.23. The third kappa shape index (κ3) is 8.42. The molecule has 7 heteroatoms. The molecule has 0 aliphatic carbocycles. The number of carbonyl (C=O) groups is 1. The number of aliphatic carboxylic acids is 1.